The molecule has 0 aliphatic carbocycles. The highest BCUT2D eigenvalue weighted by Crippen LogP contribution is 1.85. The van der Waals surface area contributed by atoms with E-state index in [1.54, 1.807) is 0 Å². The topological polar surface area (TPSA) is 75.6 Å². The van der Waals surface area contributed by atoms with Crippen LogP contribution >= 0.6 is 0 Å². The summed E-state index contributed by atoms with van der Waals surface area (Å²) >= 11 is 0. The Morgan fingerprint density at radius 3 is 2.79 bits per heavy atom. The highest BCUT2D eigenvalue weighted by molar-refractivity contribution is 5.76. The van der Waals surface area contributed by atoms with Gasteiger partial charge < -0.3 is 15.2 Å². The van der Waals surface area contributed by atoms with Gasteiger partial charge in [0.25, 0.3) is 0 Å². The second-order valence-corrected chi connectivity index (χ2v) is 2.50. The third kappa shape index (κ3) is 8.56. The van der Waals surface area contributed by atoms with Crippen molar-refractivity contribution >= 4 is 11.9 Å². The average Bonchev–Trinajstić information content (AvgIpc) is 2.13. The van der Waals surface area contributed by atoms with Crippen molar-refractivity contribution in [3.63, 3.8) is 0 Å². The van der Waals surface area contributed by atoms with Crippen LogP contribution in [0.4, 0.5) is 0 Å². The Balaban J connectivity index is 3.24. The molecule has 0 aliphatic heterocycles. The molecule has 78 valence electrons. The van der Waals surface area contributed by atoms with Gasteiger partial charge in [0.1, 0.15) is 6.61 Å². The largest absolute Gasteiger partial charge is 0.480 e. The van der Waals surface area contributed by atoms with E-state index in [0.29, 0.717) is 13.0 Å². The van der Waals surface area contributed by atoms with Gasteiger partial charge in [-0.25, -0.2) is 4.79 Å². The second kappa shape index (κ2) is 8.08. The van der Waals surface area contributed by atoms with E-state index >= 15 is 0 Å². The van der Waals surface area contributed by atoms with Crippen molar-refractivity contribution in [1.29, 1.82) is 0 Å². The Bertz CT molecular complexity index is 231. The number of ether oxygens (including phenoxy) is 1. The smallest absolute Gasteiger partial charge is 0.329 e. The Hall–Kier alpha value is -1.54. The van der Waals surface area contributed by atoms with E-state index in [9.17, 15) is 9.59 Å². The fraction of sp³-hybridized carbons (Fsp3) is 0.556. The number of carboxylic acids is 1. The summed E-state index contributed by atoms with van der Waals surface area (Å²) in [7, 11) is 0. The lowest BCUT2D eigenvalue weighted by molar-refractivity contribution is -0.142. The van der Waals surface area contributed by atoms with E-state index in [1.807, 2.05) is 0 Å². The summed E-state index contributed by atoms with van der Waals surface area (Å²) in [5, 5.41) is 10.7. The number of carboxylic acid groups (broad SMARTS) is 1. The quantitative estimate of drug-likeness (QED) is 0.433. The van der Waals surface area contributed by atoms with Crippen molar-refractivity contribution in [2.75, 3.05) is 19.8 Å². The molecular formula is C9H13NO4. The SMILES string of the molecule is C#CCCC(=O)NCCOCC(=O)O. The molecule has 0 aliphatic rings. The standard InChI is InChI=1S/C9H13NO4/c1-2-3-4-8(11)10-5-6-14-7-9(12)13/h1H,3-7H2,(H,10,11)(H,12,13). The summed E-state index contributed by atoms with van der Waals surface area (Å²) in [6, 6.07) is 0. The Morgan fingerprint density at radius 2 is 2.21 bits per heavy atom. The van der Waals surface area contributed by atoms with E-state index in [-0.39, 0.29) is 25.5 Å². The molecule has 0 atom stereocenters. The monoisotopic (exact) mass is 199 g/mol. The van der Waals surface area contributed by atoms with E-state index in [0.717, 1.165) is 0 Å². The molecule has 5 nitrogen and oxygen atoms in total. The van der Waals surface area contributed by atoms with Gasteiger partial charge in [0.2, 0.25) is 5.91 Å². The summed E-state index contributed by atoms with van der Waals surface area (Å²) in [5.74, 6) is 1.17. The van der Waals surface area contributed by atoms with Gasteiger partial charge in [0, 0.05) is 19.4 Å². The van der Waals surface area contributed by atoms with Gasteiger partial charge in [0.15, 0.2) is 0 Å². The van der Waals surface area contributed by atoms with Gasteiger partial charge in [-0.3, -0.25) is 4.79 Å². The number of aliphatic carboxylic acids is 1. The zero-order chi connectivity index (χ0) is 10.8. The molecule has 0 saturated carbocycles. The molecule has 0 radical (unpaired) electrons. The maximum Gasteiger partial charge on any atom is 0.329 e. The number of nitrogens with one attached hydrogen (secondary N) is 1. The molecule has 0 bridgehead atoms. The molecule has 14 heavy (non-hydrogen) atoms. The first-order valence-corrected chi connectivity index (χ1v) is 4.16. The number of carbonyl (C=O) groups excluding carboxylic acids is 1. The summed E-state index contributed by atoms with van der Waals surface area (Å²) < 4.78 is 4.70. The van der Waals surface area contributed by atoms with Gasteiger partial charge in [-0.2, -0.15) is 0 Å². The molecule has 1 amide bonds. The molecule has 0 unspecified atom stereocenters. The number of terminal acetylenes is 1. The Morgan fingerprint density at radius 1 is 1.50 bits per heavy atom. The molecule has 0 heterocycles. The highest BCUT2D eigenvalue weighted by Gasteiger charge is 1.99. The lowest BCUT2D eigenvalue weighted by atomic mass is 10.3. The first kappa shape index (κ1) is 12.5. The zero-order valence-corrected chi connectivity index (χ0v) is 7.78. The Kier molecular flexibility index (Phi) is 7.19. The highest BCUT2D eigenvalue weighted by atomic mass is 16.5. The fourth-order valence-corrected chi connectivity index (χ4v) is 0.696. The van der Waals surface area contributed by atoms with Gasteiger partial charge in [-0.15, -0.1) is 12.3 Å². The molecule has 5 heteroatoms. The van der Waals surface area contributed by atoms with Crippen molar-refractivity contribution in [2.45, 2.75) is 12.8 Å². The molecule has 0 saturated heterocycles. The number of hydrogen-bond acceptors (Lipinski definition) is 3. The minimum Gasteiger partial charge on any atom is -0.480 e. The molecular weight excluding hydrogens is 186 g/mol. The van der Waals surface area contributed by atoms with Gasteiger partial charge in [0.05, 0.1) is 6.61 Å². The number of carbonyl (C=O) groups is 2. The number of amides is 1. The van der Waals surface area contributed by atoms with Crippen LogP contribution in [0.1, 0.15) is 12.8 Å². The lowest BCUT2D eigenvalue weighted by Gasteiger charge is -2.03. The summed E-state index contributed by atoms with van der Waals surface area (Å²) in [6.07, 6.45) is 5.66. The van der Waals surface area contributed by atoms with Crippen LogP contribution in [0.15, 0.2) is 0 Å². The summed E-state index contributed by atoms with van der Waals surface area (Å²) in [4.78, 5) is 20.9. The van der Waals surface area contributed by atoms with Crippen LogP contribution in [0.2, 0.25) is 0 Å². The van der Waals surface area contributed by atoms with Crippen molar-refractivity contribution in [3.05, 3.63) is 0 Å². The van der Waals surface area contributed by atoms with Crippen LogP contribution in [-0.2, 0) is 14.3 Å². The third-order valence-corrected chi connectivity index (χ3v) is 1.29. The normalized spacial score (nSPS) is 9.07. The minimum absolute atomic E-state index is 0.151. The lowest BCUT2D eigenvalue weighted by Crippen LogP contribution is -2.27. The van der Waals surface area contributed by atoms with Crippen LogP contribution in [0, 0.1) is 12.3 Å². The van der Waals surface area contributed by atoms with E-state index in [4.69, 9.17) is 16.3 Å². The molecule has 0 aromatic rings. The summed E-state index contributed by atoms with van der Waals surface area (Å²) in [5.41, 5.74) is 0. The average molecular weight is 199 g/mol. The number of rotatable bonds is 7. The van der Waals surface area contributed by atoms with E-state index < -0.39 is 5.97 Å². The minimum atomic E-state index is -1.02. The van der Waals surface area contributed by atoms with E-state index in [2.05, 4.69) is 11.2 Å². The predicted molar refractivity (Wildman–Crippen MR) is 49.5 cm³/mol. The van der Waals surface area contributed by atoms with Crippen molar-refractivity contribution in [1.82, 2.24) is 5.32 Å². The second-order valence-electron chi connectivity index (χ2n) is 2.50. The van der Waals surface area contributed by atoms with Crippen LogP contribution in [0.5, 0.6) is 0 Å². The van der Waals surface area contributed by atoms with Gasteiger partial charge in [-0.1, -0.05) is 0 Å². The van der Waals surface area contributed by atoms with Crippen molar-refractivity contribution < 1.29 is 19.4 Å². The Labute approximate surface area is 82.4 Å². The van der Waals surface area contributed by atoms with Crippen LogP contribution < -0.4 is 5.32 Å². The molecule has 0 rings (SSSR count). The molecule has 0 spiro atoms. The van der Waals surface area contributed by atoms with Crippen LogP contribution in [0.25, 0.3) is 0 Å². The van der Waals surface area contributed by atoms with Gasteiger partial charge in [-0.05, 0) is 0 Å². The predicted octanol–water partition coefficient (Wildman–Crippen LogP) is -0.383. The first-order valence-electron chi connectivity index (χ1n) is 4.16. The molecule has 0 aromatic carbocycles. The van der Waals surface area contributed by atoms with Crippen molar-refractivity contribution in [3.8, 4) is 12.3 Å². The van der Waals surface area contributed by atoms with Gasteiger partial charge >= 0.3 is 5.97 Å². The number of hydrogen-bond donors (Lipinski definition) is 2. The van der Waals surface area contributed by atoms with E-state index in [1.165, 1.54) is 0 Å². The maximum atomic E-state index is 10.9. The molecule has 0 fully saturated rings. The zero-order valence-electron chi connectivity index (χ0n) is 7.78. The van der Waals surface area contributed by atoms with Crippen molar-refractivity contribution in [2.24, 2.45) is 0 Å². The summed E-state index contributed by atoms with van der Waals surface area (Å²) in [6.45, 7) is 0.144. The fourth-order valence-electron chi connectivity index (χ4n) is 0.696. The van der Waals surface area contributed by atoms with Crippen LogP contribution in [-0.4, -0.2) is 36.7 Å². The molecule has 0 aromatic heterocycles. The maximum absolute atomic E-state index is 10.9. The third-order valence-electron chi connectivity index (χ3n) is 1.29. The molecule has 2 N–H and O–H groups in total. The first-order chi connectivity index (χ1) is 6.66. The van der Waals surface area contributed by atoms with Crippen LogP contribution in [0.3, 0.4) is 0 Å².